The number of aromatic amines is 1. The van der Waals surface area contributed by atoms with E-state index in [1.54, 1.807) is 0 Å². The molecule has 0 atom stereocenters. The van der Waals surface area contributed by atoms with E-state index in [4.69, 9.17) is 5.11 Å². The molecular weight excluding hydrogens is 248 g/mol. The second kappa shape index (κ2) is 3.87. The Morgan fingerprint density at radius 3 is 2.62 bits per heavy atom. The fraction of sp³-hybridized carbons (Fsp3) is 0.286. The Morgan fingerprint density at radius 1 is 1.62 bits per heavy atom. The Labute approximate surface area is 80.5 Å². The molecule has 0 saturated heterocycles. The molecule has 0 bridgehead atoms. The van der Waals surface area contributed by atoms with E-state index < -0.39 is 23.3 Å². The molecule has 0 aliphatic carbocycles. The molecule has 2 N–H and O–H groups in total. The first kappa shape index (κ1) is 10.2. The van der Waals surface area contributed by atoms with Gasteiger partial charge in [0.05, 0.1) is 0 Å². The van der Waals surface area contributed by atoms with Gasteiger partial charge < -0.3 is 10.1 Å². The molecule has 0 aliphatic heterocycles. The fourth-order valence-electron chi connectivity index (χ4n) is 0.891. The Hall–Kier alpha value is -0.910. The van der Waals surface area contributed by atoms with E-state index in [1.165, 1.54) is 0 Å². The first-order chi connectivity index (χ1) is 6.06. The molecule has 0 radical (unpaired) electrons. The Bertz CT molecular complexity index is 364. The monoisotopic (exact) mass is 253 g/mol. The minimum atomic E-state index is -2.96. The summed E-state index contributed by atoms with van der Waals surface area (Å²) in [5, 5.41) is 9.34. The van der Waals surface area contributed by atoms with Crippen molar-refractivity contribution in [1.29, 1.82) is 0 Å². The van der Waals surface area contributed by atoms with Crippen molar-refractivity contribution in [3.05, 3.63) is 27.7 Å². The van der Waals surface area contributed by atoms with Crippen LogP contribution in [0.3, 0.4) is 0 Å². The lowest BCUT2D eigenvalue weighted by Crippen LogP contribution is -2.14. The van der Waals surface area contributed by atoms with E-state index >= 15 is 0 Å². The number of aromatic nitrogens is 1. The molecule has 0 fully saturated rings. The van der Waals surface area contributed by atoms with Crippen LogP contribution in [0.15, 0.2) is 10.9 Å². The largest absolute Gasteiger partial charge is 0.507 e. The van der Waals surface area contributed by atoms with Crippen LogP contribution in [-0.2, 0) is 5.33 Å². The molecule has 1 rings (SSSR count). The summed E-state index contributed by atoms with van der Waals surface area (Å²) in [6, 6.07) is 1.09. The number of hydrogen-bond acceptors (Lipinski definition) is 2. The molecule has 0 amide bonds. The van der Waals surface area contributed by atoms with Crippen molar-refractivity contribution >= 4 is 15.9 Å². The number of H-pyrrole nitrogens is 1. The maximum Gasteiger partial charge on any atom is 0.272 e. The van der Waals surface area contributed by atoms with Gasteiger partial charge in [-0.1, -0.05) is 15.9 Å². The topological polar surface area (TPSA) is 53.1 Å². The Balaban J connectivity index is 3.32. The first-order valence-corrected chi connectivity index (χ1v) is 4.47. The lowest BCUT2D eigenvalue weighted by molar-refractivity contribution is 0.145. The van der Waals surface area contributed by atoms with Crippen molar-refractivity contribution in [1.82, 2.24) is 4.98 Å². The third kappa shape index (κ3) is 2.06. The zero-order valence-electron chi connectivity index (χ0n) is 6.35. The van der Waals surface area contributed by atoms with Gasteiger partial charge in [-0.25, -0.2) is 8.78 Å². The van der Waals surface area contributed by atoms with Crippen molar-refractivity contribution in [3.8, 4) is 5.75 Å². The summed E-state index contributed by atoms with van der Waals surface area (Å²) in [4.78, 5) is 13.2. The number of pyridine rings is 1. The summed E-state index contributed by atoms with van der Waals surface area (Å²) in [6.45, 7) is 0. The maximum absolute atomic E-state index is 12.1. The van der Waals surface area contributed by atoms with E-state index in [9.17, 15) is 13.6 Å². The number of halogens is 3. The molecule has 0 unspecified atom stereocenters. The van der Waals surface area contributed by atoms with Crippen LogP contribution in [0.1, 0.15) is 17.7 Å². The van der Waals surface area contributed by atoms with Crippen LogP contribution in [0.25, 0.3) is 0 Å². The van der Waals surface area contributed by atoms with E-state index in [1.807, 2.05) is 0 Å². The molecule has 1 aromatic heterocycles. The van der Waals surface area contributed by atoms with E-state index in [2.05, 4.69) is 20.9 Å². The van der Waals surface area contributed by atoms with Gasteiger partial charge in [0.1, 0.15) is 11.3 Å². The molecule has 0 aromatic carbocycles. The Morgan fingerprint density at radius 2 is 2.23 bits per heavy atom. The predicted molar refractivity (Wildman–Crippen MR) is 46.3 cm³/mol. The standard InChI is InChI=1S/C7H6BrF2NO2/c8-2-3-1-4(12)5(6(9)10)7(13)11-3/h1,6H,2H2,(H2,11,12,13). The highest BCUT2D eigenvalue weighted by Gasteiger charge is 2.17. The minimum Gasteiger partial charge on any atom is -0.507 e. The van der Waals surface area contributed by atoms with Crippen molar-refractivity contribution in [2.45, 2.75) is 11.8 Å². The SMILES string of the molecule is O=c1[nH]c(CBr)cc(O)c1C(F)F. The molecule has 13 heavy (non-hydrogen) atoms. The van der Waals surface area contributed by atoms with E-state index in [-0.39, 0.29) is 0 Å². The van der Waals surface area contributed by atoms with Crippen LogP contribution in [0.4, 0.5) is 8.78 Å². The summed E-state index contributed by atoms with van der Waals surface area (Å²) < 4.78 is 24.3. The smallest absolute Gasteiger partial charge is 0.272 e. The van der Waals surface area contributed by atoms with Gasteiger partial charge in [0.15, 0.2) is 0 Å². The van der Waals surface area contributed by atoms with Gasteiger partial charge in [-0.3, -0.25) is 4.79 Å². The molecule has 6 heteroatoms. The van der Waals surface area contributed by atoms with Crippen molar-refractivity contribution in [2.24, 2.45) is 0 Å². The first-order valence-electron chi connectivity index (χ1n) is 3.35. The zero-order valence-corrected chi connectivity index (χ0v) is 7.94. The summed E-state index contributed by atoms with van der Waals surface area (Å²) >= 11 is 3.02. The van der Waals surface area contributed by atoms with Gasteiger partial charge >= 0.3 is 0 Å². The minimum absolute atomic E-state index is 0.291. The average Bonchev–Trinajstić information content (AvgIpc) is 2.02. The summed E-state index contributed by atoms with van der Waals surface area (Å²) in [5.74, 6) is -0.673. The van der Waals surface area contributed by atoms with Gasteiger partial charge in [-0.05, 0) is 0 Å². The number of hydrogen-bond donors (Lipinski definition) is 2. The number of alkyl halides is 3. The van der Waals surface area contributed by atoms with Gasteiger partial charge in [-0.15, -0.1) is 0 Å². The quantitative estimate of drug-likeness (QED) is 0.792. The average molecular weight is 254 g/mol. The molecule has 0 aliphatic rings. The Kier molecular flexibility index (Phi) is 3.02. The highest BCUT2D eigenvalue weighted by molar-refractivity contribution is 9.08. The molecule has 3 nitrogen and oxygen atoms in total. The summed E-state index contributed by atoms with van der Waals surface area (Å²) in [6.07, 6.45) is -2.96. The van der Waals surface area contributed by atoms with Gasteiger partial charge in [0.25, 0.3) is 12.0 Å². The van der Waals surface area contributed by atoms with Crippen LogP contribution >= 0.6 is 15.9 Å². The van der Waals surface area contributed by atoms with Crippen LogP contribution in [-0.4, -0.2) is 10.1 Å². The fourth-order valence-corrected chi connectivity index (χ4v) is 1.19. The summed E-state index contributed by atoms with van der Waals surface area (Å²) in [5.41, 5.74) is -1.49. The summed E-state index contributed by atoms with van der Waals surface area (Å²) in [7, 11) is 0. The second-order valence-corrected chi connectivity index (χ2v) is 2.92. The number of nitrogens with one attached hydrogen (secondary N) is 1. The van der Waals surface area contributed by atoms with Gasteiger partial charge in [0, 0.05) is 17.1 Å². The maximum atomic E-state index is 12.1. The van der Waals surface area contributed by atoms with Crippen LogP contribution in [0.5, 0.6) is 5.75 Å². The molecular formula is C7H6BrF2NO2. The highest BCUT2D eigenvalue weighted by atomic mass is 79.9. The van der Waals surface area contributed by atoms with Crippen LogP contribution in [0, 0.1) is 0 Å². The van der Waals surface area contributed by atoms with Crippen molar-refractivity contribution in [3.63, 3.8) is 0 Å². The molecule has 0 spiro atoms. The number of rotatable bonds is 2. The van der Waals surface area contributed by atoms with Crippen LogP contribution in [0.2, 0.25) is 0 Å². The normalized spacial score (nSPS) is 10.8. The van der Waals surface area contributed by atoms with E-state index in [0.29, 0.717) is 11.0 Å². The van der Waals surface area contributed by atoms with Gasteiger partial charge in [0.2, 0.25) is 0 Å². The third-order valence-electron chi connectivity index (χ3n) is 1.47. The number of aromatic hydroxyl groups is 1. The predicted octanol–water partition coefficient (Wildman–Crippen LogP) is 1.91. The van der Waals surface area contributed by atoms with Crippen molar-refractivity contribution < 1.29 is 13.9 Å². The molecule has 1 heterocycles. The third-order valence-corrected chi connectivity index (χ3v) is 2.07. The molecule has 1 aromatic rings. The second-order valence-electron chi connectivity index (χ2n) is 2.36. The van der Waals surface area contributed by atoms with Gasteiger partial charge in [-0.2, -0.15) is 0 Å². The lowest BCUT2D eigenvalue weighted by Gasteiger charge is -2.03. The van der Waals surface area contributed by atoms with E-state index in [0.717, 1.165) is 6.07 Å². The lowest BCUT2D eigenvalue weighted by atomic mass is 10.2. The zero-order chi connectivity index (χ0) is 10.0. The van der Waals surface area contributed by atoms with Crippen molar-refractivity contribution in [2.75, 3.05) is 0 Å². The molecule has 0 saturated carbocycles. The van der Waals surface area contributed by atoms with Crippen LogP contribution < -0.4 is 5.56 Å². The highest BCUT2D eigenvalue weighted by Crippen LogP contribution is 2.24. The molecule has 72 valence electrons.